The Balaban J connectivity index is 1.80. The van der Waals surface area contributed by atoms with E-state index in [4.69, 9.17) is 15.2 Å². The molecule has 0 aliphatic rings. The molecule has 2 aromatic carbocycles. The van der Waals surface area contributed by atoms with E-state index in [1.807, 2.05) is 36.4 Å². The minimum atomic E-state index is 0.384. The zero-order valence-electron chi connectivity index (χ0n) is 14.5. The number of rotatable bonds is 7. The van der Waals surface area contributed by atoms with Crippen molar-refractivity contribution in [1.29, 1.82) is 0 Å². The summed E-state index contributed by atoms with van der Waals surface area (Å²) in [5, 5.41) is 3.11. The van der Waals surface area contributed by atoms with E-state index in [0.717, 1.165) is 17.2 Å². The standard InChI is InChI=1S/C19H25N3O2/c1-14(2)15-5-4-6-16(13-15)22-19(20)21-11-12-24-18-9-7-17(23-3)8-10-18/h4-10,13-14H,11-12H2,1-3H3,(H3,20,21,22). The van der Waals surface area contributed by atoms with Crippen molar-refractivity contribution in [2.45, 2.75) is 19.8 Å². The van der Waals surface area contributed by atoms with Gasteiger partial charge >= 0.3 is 0 Å². The van der Waals surface area contributed by atoms with Crippen molar-refractivity contribution in [3.63, 3.8) is 0 Å². The second-order valence-electron chi connectivity index (χ2n) is 5.70. The highest BCUT2D eigenvalue weighted by molar-refractivity contribution is 5.92. The quantitative estimate of drug-likeness (QED) is 0.463. The number of aliphatic imine (C=N–C) groups is 1. The van der Waals surface area contributed by atoms with Gasteiger partial charge in [-0.25, -0.2) is 4.99 Å². The van der Waals surface area contributed by atoms with Gasteiger partial charge in [0.15, 0.2) is 5.96 Å². The van der Waals surface area contributed by atoms with Crippen molar-refractivity contribution < 1.29 is 9.47 Å². The fraction of sp³-hybridized carbons (Fsp3) is 0.316. The molecule has 0 atom stereocenters. The molecule has 24 heavy (non-hydrogen) atoms. The van der Waals surface area contributed by atoms with Gasteiger partial charge in [0, 0.05) is 5.69 Å². The third kappa shape index (κ3) is 5.50. The Morgan fingerprint density at radius 3 is 2.50 bits per heavy atom. The van der Waals surface area contributed by atoms with Crippen LogP contribution in [0.4, 0.5) is 5.69 Å². The lowest BCUT2D eigenvalue weighted by atomic mass is 10.0. The van der Waals surface area contributed by atoms with Crippen LogP contribution in [-0.2, 0) is 0 Å². The van der Waals surface area contributed by atoms with E-state index in [0.29, 0.717) is 25.0 Å². The summed E-state index contributed by atoms with van der Waals surface area (Å²) < 4.78 is 10.7. The summed E-state index contributed by atoms with van der Waals surface area (Å²) in [7, 11) is 1.64. The van der Waals surface area contributed by atoms with E-state index in [2.05, 4.69) is 36.3 Å². The SMILES string of the molecule is COc1ccc(OCCN=C(N)Nc2cccc(C(C)C)c2)cc1. The summed E-state index contributed by atoms with van der Waals surface area (Å²) in [4.78, 5) is 4.28. The molecule has 0 saturated heterocycles. The predicted octanol–water partition coefficient (Wildman–Crippen LogP) is 3.62. The second-order valence-corrected chi connectivity index (χ2v) is 5.70. The normalized spacial score (nSPS) is 11.4. The first-order valence-corrected chi connectivity index (χ1v) is 8.02. The molecule has 0 bridgehead atoms. The number of guanidine groups is 1. The molecular weight excluding hydrogens is 302 g/mol. The summed E-state index contributed by atoms with van der Waals surface area (Å²) in [6, 6.07) is 15.6. The maximum absolute atomic E-state index is 5.92. The number of hydrogen-bond donors (Lipinski definition) is 2. The van der Waals surface area contributed by atoms with E-state index in [-0.39, 0.29) is 0 Å². The minimum absolute atomic E-state index is 0.384. The molecule has 0 saturated carbocycles. The lowest BCUT2D eigenvalue weighted by molar-refractivity contribution is 0.327. The molecule has 0 amide bonds. The van der Waals surface area contributed by atoms with Gasteiger partial charge in [0.05, 0.1) is 13.7 Å². The van der Waals surface area contributed by atoms with Crippen LogP contribution >= 0.6 is 0 Å². The number of nitrogens with zero attached hydrogens (tertiary/aromatic N) is 1. The van der Waals surface area contributed by atoms with Crippen LogP contribution in [0, 0.1) is 0 Å². The second kappa shape index (κ2) is 8.82. The number of ether oxygens (including phenoxy) is 2. The predicted molar refractivity (Wildman–Crippen MR) is 99.1 cm³/mol. The molecule has 0 radical (unpaired) electrons. The number of anilines is 1. The molecule has 128 valence electrons. The fourth-order valence-corrected chi connectivity index (χ4v) is 2.16. The molecule has 3 N–H and O–H groups in total. The number of benzene rings is 2. The molecule has 5 nitrogen and oxygen atoms in total. The van der Waals surface area contributed by atoms with Gasteiger partial charge in [-0.3, -0.25) is 0 Å². The molecule has 0 aliphatic heterocycles. The Kier molecular flexibility index (Phi) is 6.49. The van der Waals surface area contributed by atoms with Crippen molar-refractivity contribution in [3.8, 4) is 11.5 Å². The molecule has 0 aliphatic carbocycles. The molecule has 0 unspecified atom stereocenters. The monoisotopic (exact) mass is 327 g/mol. The summed E-state index contributed by atoms with van der Waals surface area (Å²) in [5.74, 6) is 2.44. The topological polar surface area (TPSA) is 68.9 Å². The Bertz CT molecular complexity index is 667. The Labute approximate surface area is 143 Å². The highest BCUT2D eigenvalue weighted by Gasteiger charge is 2.01. The molecule has 0 fully saturated rings. The van der Waals surface area contributed by atoms with E-state index in [9.17, 15) is 0 Å². The number of nitrogens with one attached hydrogen (secondary N) is 1. The van der Waals surface area contributed by atoms with Crippen molar-refractivity contribution in [1.82, 2.24) is 0 Å². The lowest BCUT2D eigenvalue weighted by Gasteiger charge is -2.10. The number of methoxy groups -OCH3 is 1. The molecule has 2 rings (SSSR count). The van der Waals surface area contributed by atoms with E-state index >= 15 is 0 Å². The van der Waals surface area contributed by atoms with Gasteiger partial charge in [-0.15, -0.1) is 0 Å². The van der Waals surface area contributed by atoms with Crippen LogP contribution in [0.25, 0.3) is 0 Å². The fourth-order valence-electron chi connectivity index (χ4n) is 2.16. The first-order chi connectivity index (χ1) is 11.6. The van der Waals surface area contributed by atoms with Crippen LogP contribution in [0.5, 0.6) is 11.5 Å². The molecule has 0 heterocycles. The molecular formula is C19H25N3O2. The minimum Gasteiger partial charge on any atom is -0.497 e. The van der Waals surface area contributed by atoms with Gasteiger partial charge in [-0.05, 0) is 47.9 Å². The third-order valence-corrected chi connectivity index (χ3v) is 3.53. The van der Waals surface area contributed by atoms with Crippen LogP contribution in [-0.4, -0.2) is 26.2 Å². The van der Waals surface area contributed by atoms with Crippen LogP contribution < -0.4 is 20.5 Å². The molecule has 2 aromatic rings. The summed E-state index contributed by atoms with van der Waals surface area (Å²) in [6.45, 7) is 5.26. The molecule has 0 aromatic heterocycles. The van der Waals surface area contributed by atoms with E-state index in [1.165, 1.54) is 5.56 Å². The zero-order valence-corrected chi connectivity index (χ0v) is 14.5. The zero-order chi connectivity index (χ0) is 17.4. The average molecular weight is 327 g/mol. The third-order valence-electron chi connectivity index (χ3n) is 3.53. The summed E-state index contributed by atoms with van der Waals surface area (Å²) >= 11 is 0. The van der Waals surface area contributed by atoms with Crippen molar-refractivity contribution in [3.05, 3.63) is 54.1 Å². The van der Waals surface area contributed by atoms with Crippen molar-refractivity contribution in [2.75, 3.05) is 25.6 Å². The van der Waals surface area contributed by atoms with Gasteiger partial charge in [-0.1, -0.05) is 26.0 Å². The maximum Gasteiger partial charge on any atom is 0.193 e. The van der Waals surface area contributed by atoms with Gasteiger partial charge in [0.25, 0.3) is 0 Å². The summed E-state index contributed by atoms with van der Waals surface area (Å²) in [6.07, 6.45) is 0. The van der Waals surface area contributed by atoms with Gasteiger partial charge < -0.3 is 20.5 Å². The van der Waals surface area contributed by atoms with Crippen LogP contribution in [0.2, 0.25) is 0 Å². The Morgan fingerprint density at radius 1 is 1.12 bits per heavy atom. The van der Waals surface area contributed by atoms with Crippen LogP contribution in [0.1, 0.15) is 25.3 Å². The first kappa shape index (κ1) is 17.7. The van der Waals surface area contributed by atoms with Crippen LogP contribution in [0.3, 0.4) is 0 Å². The highest BCUT2D eigenvalue weighted by Crippen LogP contribution is 2.18. The van der Waals surface area contributed by atoms with Gasteiger partial charge in [0.2, 0.25) is 0 Å². The largest absolute Gasteiger partial charge is 0.497 e. The Morgan fingerprint density at radius 2 is 1.83 bits per heavy atom. The molecule has 5 heteroatoms. The Hall–Kier alpha value is -2.69. The van der Waals surface area contributed by atoms with Gasteiger partial charge in [-0.2, -0.15) is 0 Å². The van der Waals surface area contributed by atoms with Crippen molar-refractivity contribution >= 4 is 11.6 Å². The van der Waals surface area contributed by atoms with Crippen molar-refractivity contribution in [2.24, 2.45) is 10.7 Å². The molecule has 0 spiro atoms. The average Bonchev–Trinajstić information content (AvgIpc) is 2.59. The smallest absolute Gasteiger partial charge is 0.193 e. The van der Waals surface area contributed by atoms with E-state index < -0.39 is 0 Å². The number of hydrogen-bond acceptors (Lipinski definition) is 3. The number of nitrogens with two attached hydrogens (primary N) is 1. The first-order valence-electron chi connectivity index (χ1n) is 8.02. The lowest BCUT2D eigenvalue weighted by Crippen LogP contribution is -2.23. The van der Waals surface area contributed by atoms with Crippen LogP contribution in [0.15, 0.2) is 53.5 Å². The maximum atomic E-state index is 5.92. The highest BCUT2D eigenvalue weighted by atomic mass is 16.5. The summed E-state index contributed by atoms with van der Waals surface area (Å²) in [5.41, 5.74) is 8.12. The van der Waals surface area contributed by atoms with Gasteiger partial charge in [0.1, 0.15) is 18.1 Å². The van der Waals surface area contributed by atoms with E-state index in [1.54, 1.807) is 7.11 Å².